The summed E-state index contributed by atoms with van der Waals surface area (Å²) >= 11 is 1.49. The molecule has 0 saturated carbocycles. The molecule has 0 fully saturated rings. The fraction of sp³-hybridized carbons (Fsp3) is 0.312. The van der Waals surface area contributed by atoms with E-state index >= 15 is 0 Å². The fourth-order valence-electron chi connectivity index (χ4n) is 4.26. The first-order valence-electron chi connectivity index (χ1n) is 13.5. The third-order valence-electron chi connectivity index (χ3n) is 6.48. The summed E-state index contributed by atoms with van der Waals surface area (Å²) in [5.41, 5.74) is 3.88. The summed E-state index contributed by atoms with van der Waals surface area (Å²) in [6.07, 6.45) is 0.814. The normalized spacial score (nSPS) is 10.9. The number of methoxy groups -OCH3 is 3. The molecule has 216 valence electrons. The molecule has 8 nitrogen and oxygen atoms in total. The molecule has 1 aromatic heterocycles. The topological polar surface area (TPSA) is 82.2 Å². The molecule has 0 bridgehead atoms. The lowest BCUT2D eigenvalue weighted by Gasteiger charge is -2.22. The van der Waals surface area contributed by atoms with Gasteiger partial charge in [-0.25, -0.2) is 4.98 Å². The molecule has 41 heavy (non-hydrogen) atoms. The van der Waals surface area contributed by atoms with Crippen LogP contribution in [-0.2, 0) is 30.9 Å². The lowest BCUT2D eigenvalue weighted by molar-refractivity contribution is 0.0932. The number of hydrogen-bond acceptors (Lipinski definition) is 8. The van der Waals surface area contributed by atoms with E-state index in [0.717, 1.165) is 41.4 Å². The second-order valence-electron chi connectivity index (χ2n) is 9.44. The smallest absolute Gasteiger partial charge is 0.270 e. The van der Waals surface area contributed by atoms with E-state index in [1.165, 1.54) is 16.9 Å². The Kier molecular flexibility index (Phi) is 11.5. The number of carbonyl (C=O) groups is 1. The number of aromatic nitrogens is 1. The van der Waals surface area contributed by atoms with Crippen molar-refractivity contribution in [1.29, 1.82) is 0 Å². The molecule has 1 amide bonds. The summed E-state index contributed by atoms with van der Waals surface area (Å²) in [6, 6.07) is 24.4. The van der Waals surface area contributed by atoms with Crippen molar-refractivity contribution in [1.82, 2.24) is 15.2 Å². The van der Waals surface area contributed by atoms with Crippen molar-refractivity contribution in [3.05, 3.63) is 106 Å². The standard InChI is InChI=1S/C32H37N3O5S/c1-37-18-16-33-32(36)28-23-41-31(34-28)21-35(17-15-24-11-14-29(38-2)30(19-24)39-3)20-25-9-12-27(13-10-25)40-22-26-7-5-4-6-8-26/h4-14,19,23H,15-18,20-22H2,1-3H3,(H,33,36). The van der Waals surface area contributed by atoms with Crippen LogP contribution in [0.4, 0.5) is 0 Å². The number of amides is 1. The molecule has 0 aliphatic heterocycles. The predicted octanol–water partition coefficient (Wildman–Crippen LogP) is 5.36. The van der Waals surface area contributed by atoms with Crippen molar-refractivity contribution < 1.29 is 23.7 Å². The molecule has 4 rings (SSSR count). The molecule has 1 heterocycles. The zero-order valence-electron chi connectivity index (χ0n) is 23.8. The van der Waals surface area contributed by atoms with Crippen molar-refractivity contribution in [2.24, 2.45) is 0 Å². The first-order chi connectivity index (χ1) is 20.1. The largest absolute Gasteiger partial charge is 0.493 e. The van der Waals surface area contributed by atoms with Gasteiger partial charge in [-0.1, -0.05) is 48.5 Å². The first kappa shape index (κ1) is 30.0. The highest BCUT2D eigenvalue weighted by atomic mass is 32.1. The van der Waals surface area contributed by atoms with Gasteiger partial charge in [0.05, 0.1) is 27.4 Å². The predicted molar refractivity (Wildman–Crippen MR) is 161 cm³/mol. The third kappa shape index (κ3) is 9.31. The van der Waals surface area contributed by atoms with E-state index < -0.39 is 0 Å². The van der Waals surface area contributed by atoms with Gasteiger partial charge in [-0.05, 0) is 47.4 Å². The molecule has 9 heteroatoms. The van der Waals surface area contributed by atoms with Crippen molar-refractivity contribution in [3.8, 4) is 17.2 Å². The molecule has 0 radical (unpaired) electrons. The molecule has 0 unspecified atom stereocenters. The van der Waals surface area contributed by atoms with Crippen molar-refractivity contribution in [2.75, 3.05) is 41.0 Å². The molecule has 0 atom stereocenters. The minimum Gasteiger partial charge on any atom is -0.493 e. The van der Waals surface area contributed by atoms with Gasteiger partial charge in [0.2, 0.25) is 0 Å². The van der Waals surface area contributed by atoms with Gasteiger partial charge in [-0.3, -0.25) is 9.69 Å². The van der Waals surface area contributed by atoms with Gasteiger partial charge >= 0.3 is 0 Å². The van der Waals surface area contributed by atoms with E-state index in [-0.39, 0.29) is 5.91 Å². The molecule has 0 spiro atoms. The van der Waals surface area contributed by atoms with Crippen LogP contribution in [-0.4, -0.2) is 56.8 Å². The quantitative estimate of drug-likeness (QED) is 0.180. The Morgan fingerprint density at radius 2 is 1.63 bits per heavy atom. The molecule has 3 aromatic carbocycles. The van der Waals surface area contributed by atoms with Gasteiger partial charge in [-0.15, -0.1) is 11.3 Å². The third-order valence-corrected chi connectivity index (χ3v) is 7.31. The molecular formula is C32H37N3O5S. The van der Waals surface area contributed by atoms with E-state index in [4.69, 9.17) is 18.9 Å². The summed E-state index contributed by atoms with van der Waals surface area (Å²) < 4.78 is 21.9. The second kappa shape index (κ2) is 15.8. The molecule has 1 N–H and O–H groups in total. The van der Waals surface area contributed by atoms with Crippen LogP contribution in [0.15, 0.2) is 78.2 Å². The highest BCUT2D eigenvalue weighted by Crippen LogP contribution is 2.28. The number of rotatable bonds is 16. The van der Waals surface area contributed by atoms with E-state index in [2.05, 4.69) is 45.5 Å². The first-order valence-corrected chi connectivity index (χ1v) is 14.4. The zero-order chi connectivity index (χ0) is 28.9. The van der Waals surface area contributed by atoms with Crippen LogP contribution in [0.3, 0.4) is 0 Å². The van der Waals surface area contributed by atoms with Crippen LogP contribution in [0.2, 0.25) is 0 Å². The second-order valence-corrected chi connectivity index (χ2v) is 10.4. The summed E-state index contributed by atoms with van der Waals surface area (Å²) in [6.45, 7) is 3.57. The van der Waals surface area contributed by atoms with Gasteiger partial charge < -0.3 is 24.3 Å². The molecule has 0 aliphatic carbocycles. The lowest BCUT2D eigenvalue weighted by atomic mass is 10.1. The SMILES string of the molecule is COCCNC(=O)c1csc(CN(CCc2ccc(OC)c(OC)c2)Cc2ccc(OCc3ccccc3)cc2)n1. The lowest BCUT2D eigenvalue weighted by Crippen LogP contribution is -2.27. The van der Waals surface area contributed by atoms with Gasteiger partial charge in [0.1, 0.15) is 23.1 Å². The van der Waals surface area contributed by atoms with Gasteiger partial charge in [0.25, 0.3) is 5.91 Å². The van der Waals surface area contributed by atoms with Gasteiger partial charge in [0.15, 0.2) is 11.5 Å². The minimum absolute atomic E-state index is 0.187. The zero-order valence-corrected chi connectivity index (χ0v) is 24.6. The molecule has 0 saturated heterocycles. The highest BCUT2D eigenvalue weighted by Gasteiger charge is 2.15. The van der Waals surface area contributed by atoms with Crippen molar-refractivity contribution in [3.63, 3.8) is 0 Å². The Hall–Kier alpha value is -3.92. The van der Waals surface area contributed by atoms with Gasteiger partial charge in [0, 0.05) is 32.1 Å². The fourth-order valence-corrected chi connectivity index (χ4v) is 5.08. The Labute approximate surface area is 245 Å². The number of carbonyl (C=O) groups excluding carboxylic acids is 1. The molecular weight excluding hydrogens is 538 g/mol. The highest BCUT2D eigenvalue weighted by molar-refractivity contribution is 7.09. The van der Waals surface area contributed by atoms with Crippen LogP contribution in [0.25, 0.3) is 0 Å². The Balaban J connectivity index is 1.43. The summed E-state index contributed by atoms with van der Waals surface area (Å²) in [7, 11) is 4.89. The Bertz CT molecular complexity index is 1360. The maximum atomic E-state index is 12.4. The van der Waals surface area contributed by atoms with Crippen LogP contribution in [0, 0.1) is 0 Å². The molecule has 4 aromatic rings. The van der Waals surface area contributed by atoms with Gasteiger partial charge in [-0.2, -0.15) is 0 Å². The number of ether oxygens (including phenoxy) is 4. The summed E-state index contributed by atoms with van der Waals surface area (Å²) in [5.74, 6) is 2.07. The number of hydrogen-bond donors (Lipinski definition) is 1. The van der Waals surface area contributed by atoms with Crippen LogP contribution in [0.1, 0.15) is 32.2 Å². The maximum absolute atomic E-state index is 12.4. The Morgan fingerprint density at radius 3 is 2.37 bits per heavy atom. The van der Waals surface area contributed by atoms with Crippen LogP contribution < -0.4 is 19.5 Å². The summed E-state index contributed by atoms with van der Waals surface area (Å²) in [4.78, 5) is 19.4. The number of benzene rings is 3. The van der Waals surface area contributed by atoms with E-state index in [1.54, 1.807) is 21.3 Å². The minimum atomic E-state index is -0.187. The average Bonchev–Trinajstić information content (AvgIpc) is 3.48. The van der Waals surface area contributed by atoms with Crippen LogP contribution in [0.5, 0.6) is 17.2 Å². The van der Waals surface area contributed by atoms with Crippen molar-refractivity contribution in [2.45, 2.75) is 26.1 Å². The number of nitrogens with zero attached hydrogens (tertiary/aromatic N) is 2. The monoisotopic (exact) mass is 575 g/mol. The Morgan fingerprint density at radius 1 is 0.878 bits per heavy atom. The number of nitrogens with one attached hydrogen (secondary N) is 1. The van der Waals surface area contributed by atoms with E-state index in [9.17, 15) is 4.79 Å². The van der Waals surface area contributed by atoms with E-state index in [0.29, 0.717) is 43.5 Å². The molecule has 0 aliphatic rings. The average molecular weight is 576 g/mol. The maximum Gasteiger partial charge on any atom is 0.270 e. The van der Waals surface area contributed by atoms with Crippen molar-refractivity contribution >= 4 is 17.2 Å². The van der Waals surface area contributed by atoms with Crippen LogP contribution >= 0.6 is 11.3 Å². The summed E-state index contributed by atoms with van der Waals surface area (Å²) in [5, 5.41) is 5.53. The van der Waals surface area contributed by atoms with E-state index in [1.807, 2.05) is 47.8 Å². The number of thiazole rings is 1.